The standard InChI is InChI=1S/C26H24ClN3O5/c1-29(15-16-7-6-10-24(34-2)25(16)35-3)26(33)18-13-17(22(31)14-23(18)32)20-11-12-28-30(20)21-9-5-4-8-19(21)27/h4-14,31-32H,15H2,1-3H3. The molecule has 2 N–H and O–H groups in total. The Labute approximate surface area is 207 Å². The lowest BCUT2D eigenvalue weighted by molar-refractivity contribution is 0.0781. The Morgan fingerprint density at radius 3 is 2.51 bits per heavy atom. The molecule has 180 valence electrons. The van der Waals surface area contributed by atoms with Gasteiger partial charge in [-0.15, -0.1) is 0 Å². The molecule has 4 aromatic rings. The Balaban J connectivity index is 1.70. The van der Waals surface area contributed by atoms with Crippen LogP contribution in [0.1, 0.15) is 15.9 Å². The van der Waals surface area contributed by atoms with Gasteiger partial charge in [-0.25, -0.2) is 4.68 Å². The number of hydrogen-bond acceptors (Lipinski definition) is 6. The van der Waals surface area contributed by atoms with Crippen molar-refractivity contribution >= 4 is 17.5 Å². The van der Waals surface area contributed by atoms with Crippen molar-refractivity contribution in [2.75, 3.05) is 21.3 Å². The molecule has 35 heavy (non-hydrogen) atoms. The topological polar surface area (TPSA) is 97.1 Å². The number of carbonyl (C=O) groups excluding carboxylic acids is 1. The molecule has 3 aromatic carbocycles. The van der Waals surface area contributed by atoms with E-state index in [-0.39, 0.29) is 23.6 Å². The zero-order valence-corrected chi connectivity index (χ0v) is 20.2. The average molecular weight is 494 g/mol. The molecule has 0 aliphatic rings. The number of aromatic nitrogens is 2. The average Bonchev–Trinajstić information content (AvgIpc) is 3.33. The molecular formula is C26H24ClN3O5. The minimum atomic E-state index is -0.447. The molecule has 1 amide bonds. The predicted molar refractivity (Wildman–Crippen MR) is 133 cm³/mol. The molecule has 4 rings (SSSR count). The number of halogens is 1. The highest BCUT2D eigenvalue weighted by molar-refractivity contribution is 6.32. The van der Waals surface area contributed by atoms with Gasteiger partial charge in [0.05, 0.1) is 42.4 Å². The van der Waals surface area contributed by atoms with E-state index in [9.17, 15) is 15.0 Å². The monoisotopic (exact) mass is 493 g/mol. The number of para-hydroxylation sites is 2. The molecular weight excluding hydrogens is 470 g/mol. The molecule has 0 fully saturated rings. The molecule has 0 aliphatic heterocycles. The number of rotatable bonds is 7. The molecule has 0 aliphatic carbocycles. The van der Waals surface area contributed by atoms with Gasteiger partial charge < -0.3 is 24.6 Å². The first-order valence-electron chi connectivity index (χ1n) is 10.7. The minimum absolute atomic E-state index is 0.0223. The first-order chi connectivity index (χ1) is 16.8. The van der Waals surface area contributed by atoms with Gasteiger partial charge in [-0.05, 0) is 30.3 Å². The number of amides is 1. The van der Waals surface area contributed by atoms with Crippen LogP contribution in [0.5, 0.6) is 23.0 Å². The summed E-state index contributed by atoms with van der Waals surface area (Å²) in [6.45, 7) is 0.201. The number of nitrogens with zero attached hydrogens (tertiary/aromatic N) is 3. The molecule has 0 spiro atoms. The molecule has 0 atom stereocenters. The summed E-state index contributed by atoms with van der Waals surface area (Å²) in [6.07, 6.45) is 1.56. The van der Waals surface area contributed by atoms with Crippen LogP contribution < -0.4 is 9.47 Å². The van der Waals surface area contributed by atoms with Crippen molar-refractivity contribution in [1.82, 2.24) is 14.7 Å². The van der Waals surface area contributed by atoms with Gasteiger partial charge in [-0.1, -0.05) is 35.9 Å². The maximum atomic E-state index is 13.3. The van der Waals surface area contributed by atoms with E-state index in [1.54, 1.807) is 61.4 Å². The number of carbonyl (C=O) groups is 1. The van der Waals surface area contributed by atoms with Crippen molar-refractivity contribution in [1.29, 1.82) is 0 Å². The highest BCUT2D eigenvalue weighted by Crippen LogP contribution is 2.37. The SMILES string of the molecule is COc1cccc(CN(C)C(=O)c2cc(-c3ccnn3-c3ccccc3Cl)c(O)cc2O)c1OC. The van der Waals surface area contributed by atoms with Crippen molar-refractivity contribution < 1.29 is 24.5 Å². The second-order valence-corrected chi connectivity index (χ2v) is 8.19. The zero-order valence-electron chi connectivity index (χ0n) is 19.4. The maximum absolute atomic E-state index is 13.3. The van der Waals surface area contributed by atoms with E-state index in [1.807, 2.05) is 12.1 Å². The lowest BCUT2D eigenvalue weighted by atomic mass is 10.0. The third-order valence-electron chi connectivity index (χ3n) is 5.58. The van der Waals surface area contributed by atoms with E-state index < -0.39 is 5.91 Å². The number of aromatic hydroxyl groups is 2. The van der Waals surface area contributed by atoms with Gasteiger partial charge in [-0.2, -0.15) is 5.10 Å². The van der Waals surface area contributed by atoms with Crippen LogP contribution in [-0.2, 0) is 6.54 Å². The molecule has 8 nitrogen and oxygen atoms in total. The highest BCUT2D eigenvalue weighted by Gasteiger charge is 2.23. The number of benzene rings is 3. The van der Waals surface area contributed by atoms with E-state index in [4.69, 9.17) is 21.1 Å². The molecule has 0 bridgehead atoms. The van der Waals surface area contributed by atoms with Crippen LogP contribution in [0.2, 0.25) is 5.02 Å². The fourth-order valence-electron chi connectivity index (χ4n) is 3.89. The summed E-state index contributed by atoms with van der Waals surface area (Å²) in [5.41, 5.74) is 2.18. The maximum Gasteiger partial charge on any atom is 0.257 e. The zero-order chi connectivity index (χ0) is 25.1. The third-order valence-corrected chi connectivity index (χ3v) is 5.90. The second-order valence-electron chi connectivity index (χ2n) is 7.78. The largest absolute Gasteiger partial charge is 0.507 e. The predicted octanol–water partition coefficient (Wildman–Crippen LogP) is 4.89. The Morgan fingerprint density at radius 1 is 1.03 bits per heavy atom. The summed E-state index contributed by atoms with van der Waals surface area (Å²) in [7, 11) is 4.68. The third kappa shape index (κ3) is 4.61. The molecule has 0 radical (unpaired) electrons. The second kappa shape index (κ2) is 9.99. The molecule has 1 heterocycles. The number of phenols is 2. The first-order valence-corrected chi connectivity index (χ1v) is 11.0. The first kappa shape index (κ1) is 24.0. The molecule has 0 saturated heterocycles. The van der Waals surface area contributed by atoms with Crippen molar-refractivity contribution in [2.45, 2.75) is 6.54 Å². The van der Waals surface area contributed by atoms with Crippen molar-refractivity contribution in [3.8, 4) is 39.9 Å². The van der Waals surface area contributed by atoms with Crippen LogP contribution in [0.3, 0.4) is 0 Å². The molecule has 1 aromatic heterocycles. The van der Waals surface area contributed by atoms with Gasteiger partial charge in [0.2, 0.25) is 0 Å². The van der Waals surface area contributed by atoms with Gasteiger partial charge in [0.1, 0.15) is 11.5 Å². The Kier molecular flexibility index (Phi) is 6.84. The smallest absolute Gasteiger partial charge is 0.257 e. The Bertz CT molecular complexity index is 1390. The van der Waals surface area contributed by atoms with Crippen LogP contribution in [0, 0.1) is 0 Å². The highest BCUT2D eigenvalue weighted by atomic mass is 35.5. The fourth-order valence-corrected chi connectivity index (χ4v) is 4.10. The van der Waals surface area contributed by atoms with Crippen molar-refractivity contribution in [3.63, 3.8) is 0 Å². The van der Waals surface area contributed by atoms with Gasteiger partial charge >= 0.3 is 0 Å². The summed E-state index contributed by atoms with van der Waals surface area (Å²) < 4.78 is 12.4. The Morgan fingerprint density at radius 2 is 1.80 bits per heavy atom. The minimum Gasteiger partial charge on any atom is -0.507 e. The van der Waals surface area contributed by atoms with E-state index in [0.29, 0.717) is 33.5 Å². The van der Waals surface area contributed by atoms with Crippen LogP contribution in [0.15, 0.2) is 66.9 Å². The van der Waals surface area contributed by atoms with E-state index in [1.165, 1.54) is 18.1 Å². The fraction of sp³-hybridized carbons (Fsp3) is 0.154. The van der Waals surface area contributed by atoms with E-state index in [0.717, 1.165) is 11.6 Å². The van der Waals surface area contributed by atoms with Crippen LogP contribution in [0.25, 0.3) is 16.9 Å². The van der Waals surface area contributed by atoms with Crippen LogP contribution in [0.4, 0.5) is 0 Å². The van der Waals surface area contributed by atoms with Gasteiger partial charge in [0.15, 0.2) is 11.5 Å². The van der Waals surface area contributed by atoms with E-state index in [2.05, 4.69) is 5.10 Å². The normalized spacial score (nSPS) is 10.7. The van der Waals surface area contributed by atoms with Crippen LogP contribution in [-0.4, -0.2) is 52.1 Å². The van der Waals surface area contributed by atoms with Crippen LogP contribution >= 0.6 is 11.6 Å². The lowest BCUT2D eigenvalue weighted by Crippen LogP contribution is -2.26. The number of ether oxygens (including phenoxy) is 2. The van der Waals surface area contributed by atoms with Gasteiger partial charge in [-0.3, -0.25) is 4.79 Å². The summed E-state index contributed by atoms with van der Waals surface area (Å²) >= 11 is 6.34. The lowest BCUT2D eigenvalue weighted by Gasteiger charge is -2.21. The quantitative estimate of drug-likeness (QED) is 0.380. The molecule has 0 unspecified atom stereocenters. The summed E-state index contributed by atoms with van der Waals surface area (Å²) in [4.78, 5) is 14.8. The van der Waals surface area contributed by atoms with Crippen molar-refractivity contribution in [2.24, 2.45) is 0 Å². The molecule has 0 saturated carbocycles. The van der Waals surface area contributed by atoms with Crippen molar-refractivity contribution in [3.05, 3.63) is 83.0 Å². The Hall–Kier alpha value is -4.17. The molecule has 9 heteroatoms. The number of phenolic OH excluding ortho intramolecular Hbond substituents is 2. The summed E-state index contributed by atoms with van der Waals surface area (Å²) in [5, 5.41) is 25.9. The summed E-state index contributed by atoms with van der Waals surface area (Å²) in [6, 6.07) is 16.8. The number of hydrogen-bond donors (Lipinski definition) is 2. The number of methoxy groups -OCH3 is 2. The van der Waals surface area contributed by atoms with Gasteiger partial charge in [0, 0.05) is 30.8 Å². The summed E-state index contributed by atoms with van der Waals surface area (Å²) in [5.74, 6) is 0.0780. The van der Waals surface area contributed by atoms with Gasteiger partial charge in [0.25, 0.3) is 5.91 Å². The van der Waals surface area contributed by atoms with E-state index >= 15 is 0 Å².